The lowest BCUT2D eigenvalue weighted by Crippen LogP contribution is -2.22. The fourth-order valence-corrected chi connectivity index (χ4v) is 4.77. The summed E-state index contributed by atoms with van der Waals surface area (Å²) in [4.78, 5) is 16.7. The van der Waals surface area contributed by atoms with Crippen LogP contribution in [0.5, 0.6) is 0 Å². The lowest BCUT2D eigenvalue weighted by molar-refractivity contribution is 0.0954. The average Bonchev–Trinajstić information content (AvgIpc) is 3.36. The van der Waals surface area contributed by atoms with Crippen molar-refractivity contribution < 1.29 is 4.79 Å². The summed E-state index contributed by atoms with van der Waals surface area (Å²) in [5.41, 5.74) is 9.18. The van der Waals surface area contributed by atoms with Gasteiger partial charge in [0.1, 0.15) is 0 Å². The van der Waals surface area contributed by atoms with E-state index in [0.29, 0.717) is 12.2 Å². The fourth-order valence-electron chi connectivity index (χ4n) is 3.93. The van der Waals surface area contributed by atoms with Crippen LogP contribution in [-0.4, -0.2) is 15.7 Å². The smallest absolute Gasteiger partial charge is 0.261 e. The number of thiophene rings is 1. The minimum absolute atomic E-state index is 0.0232. The first kappa shape index (κ1) is 22.5. The molecular weight excluding hydrogens is 428 g/mol. The SMILES string of the molecule is [C-]#[N+]c1ccc(-n2nc(C)c(Cc3ccc(CNC(=O)c4sccc4C)cc3)c2C)cc1C. The number of aromatic nitrogens is 2. The third-order valence-corrected chi connectivity index (χ3v) is 6.93. The zero-order valence-electron chi connectivity index (χ0n) is 19.3. The molecule has 0 saturated heterocycles. The Balaban J connectivity index is 1.46. The molecule has 4 rings (SSSR count). The van der Waals surface area contributed by atoms with Crippen molar-refractivity contribution in [1.82, 2.24) is 15.1 Å². The molecule has 4 aromatic rings. The van der Waals surface area contributed by atoms with E-state index in [2.05, 4.69) is 41.4 Å². The van der Waals surface area contributed by atoms with E-state index in [1.54, 1.807) is 0 Å². The molecule has 0 atom stereocenters. The summed E-state index contributed by atoms with van der Waals surface area (Å²) in [6.45, 7) is 15.8. The maximum Gasteiger partial charge on any atom is 0.261 e. The first-order chi connectivity index (χ1) is 15.9. The molecule has 0 unspecified atom stereocenters. The second kappa shape index (κ2) is 9.43. The highest BCUT2D eigenvalue weighted by atomic mass is 32.1. The molecular formula is C27H26N4OS. The molecule has 0 aliphatic heterocycles. The van der Waals surface area contributed by atoms with Crippen LogP contribution in [0.4, 0.5) is 5.69 Å². The summed E-state index contributed by atoms with van der Waals surface area (Å²) < 4.78 is 1.96. The zero-order chi connectivity index (χ0) is 23.5. The molecule has 0 aliphatic carbocycles. The Morgan fingerprint density at radius 2 is 1.76 bits per heavy atom. The van der Waals surface area contributed by atoms with Gasteiger partial charge < -0.3 is 5.32 Å². The average molecular weight is 455 g/mol. The molecule has 33 heavy (non-hydrogen) atoms. The number of hydrogen-bond donors (Lipinski definition) is 1. The Kier molecular flexibility index (Phi) is 6.43. The Bertz CT molecular complexity index is 1360. The summed E-state index contributed by atoms with van der Waals surface area (Å²) in [6, 6.07) is 16.1. The summed E-state index contributed by atoms with van der Waals surface area (Å²) >= 11 is 1.47. The van der Waals surface area contributed by atoms with Crippen molar-refractivity contribution in [2.75, 3.05) is 0 Å². The number of rotatable bonds is 6. The number of nitrogens with zero attached hydrogens (tertiary/aromatic N) is 3. The van der Waals surface area contributed by atoms with Crippen molar-refractivity contribution in [3.05, 3.63) is 109 Å². The van der Waals surface area contributed by atoms with E-state index in [1.165, 1.54) is 22.5 Å². The van der Waals surface area contributed by atoms with Crippen LogP contribution in [0.3, 0.4) is 0 Å². The number of aryl methyl sites for hydroxylation is 3. The number of hydrogen-bond acceptors (Lipinski definition) is 3. The lowest BCUT2D eigenvalue weighted by atomic mass is 10.0. The van der Waals surface area contributed by atoms with Crippen LogP contribution in [0, 0.1) is 34.3 Å². The summed E-state index contributed by atoms with van der Waals surface area (Å²) in [7, 11) is 0. The molecule has 0 fully saturated rings. The molecule has 1 N–H and O–H groups in total. The number of amides is 1. The van der Waals surface area contributed by atoms with Gasteiger partial charge in [-0.1, -0.05) is 30.3 Å². The van der Waals surface area contributed by atoms with Gasteiger partial charge in [-0.05, 0) is 73.5 Å². The van der Waals surface area contributed by atoms with E-state index < -0.39 is 0 Å². The Morgan fingerprint density at radius 1 is 1.03 bits per heavy atom. The third-order valence-electron chi connectivity index (χ3n) is 5.91. The van der Waals surface area contributed by atoms with E-state index >= 15 is 0 Å². The van der Waals surface area contributed by atoms with Gasteiger partial charge in [0.15, 0.2) is 5.69 Å². The number of nitrogens with one attached hydrogen (secondary N) is 1. The molecule has 0 saturated carbocycles. The van der Waals surface area contributed by atoms with Crippen molar-refractivity contribution in [2.24, 2.45) is 0 Å². The second-order valence-electron chi connectivity index (χ2n) is 8.25. The van der Waals surface area contributed by atoms with Crippen molar-refractivity contribution in [2.45, 2.75) is 40.7 Å². The normalized spacial score (nSPS) is 10.8. The van der Waals surface area contributed by atoms with Crippen molar-refractivity contribution >= 4 is 22.9 Å². The second-order valence-corrected chi connectivity index (χ2v) is 9.17. The fraction of sp³-hybridized carbons (Fsp3) is 0.222. The molecule has 2 heterocycles. The maximum absolute atomic E-state index is 12.3. The van der Waals surface area contributed by atoms with E-state index in [4.69, 9.17) is 11.7 Å². The minimum Gasteiger partial charge on any atom is -0.347 e. The molecule has 2 aromatic carbocycles. The van der Waals surface area contributed by atoms with Gasteiger partial charge in [0, 0.05) is 24.2 Å². The van der Waals surface area contributed by atoms with Gasteiger partial charge in [-0.2, -0.15) is 5.10 Å². The highest BCUT2D eigenvalue weighted by molar-refractivity contribution is 7.12. The zero-order valence-corrected chi connectivity index (χ0v) is 20.1. The summed E-state index contributed by atoms with van der Waals surface area (Å²) in [5.74, 6) is -0.0232. The van der Waals surface area contributed by atoms with Crippen molar-refractivity contribution in [1.29, 1.82) is 0 Å². The van der Waals surface area contributed by atoms with Gasteiger partial charge in [0.2, 0.25) is 0 Å². The van der Waals surface area contributed by atoms with E-state index in [1.807, 2.05) is 55.1 Å². The molecule has 5 nitrogen and oxygen atoms in total. The number of carbonyl (C=O) groups excluding carboxylic acids is 1. The third kappa shape index (κ3) is 4.74. The molecule has 2 aromatic heterocycles. The first-order valence-corrected chi connectivity index (χ1v) is 11.7. The lowest BCUT2D eigenvalue weighted by Gasteiger charge is -2.09. The van der Waals surface area contributed by atoms with Gasteiger partial charge in [-0.25, -0.2) is 9.53 Å². The van der Waals surface area contributed by atoms with Crippen LogP contribution < -0.4 is 5.32 Å². The topological polar surface area (TPSA) is 51.3 Å². The van der Waals surface area contributed by atoms with Crippen LogP contribution >= 0.6 is 11.3 Å². The van der Waals surface area contributed by atoms with Crippen LogP contribution in [0.15, 0.2) is 53.9 Å². The maximum atomic E-state index is 12.3. The van der Waals surface area contributed by atoms with Gasteiger partial charge >= 0.3 is 0 Å². The minimum atomic E-state index is -0.0232. The van der Waals surface area contributed by atoms with Crippen LogP contribution in [0.25, 0.3) is 10.5 Å². The summed E-state index contributed by atoms with van der Waals surface area (Å²) in [5, 5.41) is 9.71. The molecule has 1 amide bonds. The Morgan fingerprint density at radius 3 is 2.39 bits per heavy atom. The van der Waals surface area contributed by atoms with E-state index in [0.717, 1.165) is 45.1 Å². The van der Waals surface area contributed by atoms with Crippen LogP contribution in [0.1, 0.15) is 48.9 Å². The van der Waals surface area contributed by atoms with Gasteiger partial charge in [0.05, 0.1) is 22.8 Å². The molecule has 0 bridgehead atoms. The van der Waals surface area contributed by atoms with Crippen LogP contribution in [0.2, 0.25) is 0 Å². The number of benzene rings is 2. The van der Waals surface area contributed by atoms with Crippen LogP contribution in [-0.2, 0) is 13.0 Å². The van der Waals surface area contributed by atoms with E-state index in [-0.39, 0.29) is 5.91 Å². The highest BCUT2D eigenvalue weighted by Gasteiger charge is 2.14. The monoisotopic (exact) mass is 454 g/mol. The first-order valence-electron chi connectivity index (χ1n) is 10.8. The van der Waals surface area contributed by atoms with E-state index in [9.17, 15) is 4.79 Å². The molecule has 166 valence electrons. The van der Waals surface area contributed by atoms with Crippen molar-refractivity contribution in [3.63, 3.8) is 0 Å². The molecule has 0 radical (unpaired) electrons. The van der Waals surface area contributed by atoms with Gasteiger partial charge in [-0.15, -0.1) is 11.3 Å². The Hall–Kier alpha value is -3.69. The van der Waals surface area contributed by atoms with Gasteiger partial charge in [-0.3, -0.25) is 4.79 Å². The largest absolute Gasteiger partial charge is 0.347 e. The standard InChI is InChI=1S/C27H26N4OS/c1-17-12-13-33-26(17)27(32)29-16-22-8-6-21(7-9-22)15-24-19(3)30-31(20(24)4)23-10-11-25(28-5)18(2)14-23/h6-14H,15-16H2,1-4H3,(H,29,32). The highest BCUT2D eigenvalue weighted by Crippen LogP contribution is 2.25. The Labute approximate surface area is 198 Å². The summed E-state index contributed by atoms with van der Waals surface area (Å²) in [6.07, 6.45) is 0.789. The van der Waals surface area contributed by atoms with Gasteiger partial charge in [0.25, 0.3) is 5.91 Å². The number of carbonyl (C=O) groups is 1. The molecule has 6 heteroatoms. The van der Waals surface area contributed by atoms with Crippen molar-refractivity contribution in [3.8, 4) is 5.69 Å². The molecule has 0 aliphatic rings. The predicted molar refractivity (Wildman–Crippen MR) is 134 cm³/mol. The quantitative estimate of drug-likeness (QED) is 0.351. The predicted octanol–water partition coefficient (Wildman–Crippen LogP) is 6.24. The molecule has 0 spiro atoms.